The second kappa shape index (κ2) is 6.86. The quantitative estimate of drug-likeness (QED) is 0.648. The maximum Gasteiger partial charge on any atom is 0.265 e. The van der Waals surface area contributed by atoms with Gasteiger partial charge in [-0.25, -0.2) is 8.78 Å². The van der Waals surface area contributed by atoms with Gasteiger partial charge >= 0.3 is 0 Å². The average Bonchev–Trinajstić information content (AvgIpc) is 2.77. The lowest BCUT2D eigenvalue weighted by Gasteiger charge is -2.19. The van der Waals surface area contributed by atoms with E-state index in [2.05, 4.69) is 10.6 Å². The molecule has 0 bridgehead atoms. The Morgan fingerprint density at radius 1 is 1.41 bits per heavy atom. The van der Waals surface area contributed by atoms with Crippen molar-refractivity contribution < 1.29 is 18.7 Å². The Morgan fingerprint density at radius 3 is 2.53 bits per heavy atom. The molecule has 0 aromatic heterocycles. The van der Waals surface area contributed by atoms with E-state index in [1.165, 1.54) is 0 Å². The maximum atomic E-state index is 12.0. The van der Waals surface area contributed by atoms with Crippen LogP contribution in [0.3, 0.4) is 0 Å². The molecule has 2 atom stereocenters. The van der Waals surface area contributed by atoms with E-state index in [9.17, 15) is 13.6 Å². The van der Waals surface area contributed by atoms with E-state index in [0.29, 0.717) is 0 Å². The molecule has 1 saturated carbocycles. The molecule has 0 saturated heterocycles. The third-order valence-electron chi connectivity index (χ3n) is 3.02. The van der Waals surface area contributed by atoms with E-state index in [0.717, 1.165) is 25.7 Å². The van der Waals surface area contributed by atoms with E-state index in [1.807, 2.05) is 0 Å². The summed E-state index contributed by atoms with van der Waals surface area (Å²) in [6.07, 6.45) is -0.298. The monoisotopic (exact) mass is 250 g/mol. The Bertz CT molecular complexity index is 246. The van der Waals surface area contributed by atoms with Crippen LogP contribution in [0.25, 0.3) is 0 Å². The first kappa shape index (κ1) is 14.3. The Labute approximate surface area is 99.8 Å². The molecule has 2 unspecified atom stereocenters. The van der Waals surface area contributed by atoms with Gasteiger partial charge in [0.1, 0.15) is 6.10 Å². The largest absolute Gasteiger partial charge is 0.386 e. The van der Waals surface area contributed by atoms with Gasteiger partial charge in [0, 0.05) is 12.6 Å². The fourth-order valence-electron chi connectivity index (χ4n) is 1.88. The van der Waals surface area contributed by atoms with E-state index in [1.54, 1.807) is 6.92 Å². The molecule has 0 aromatic rings. The van der Waals surface area contributed by atoms with Gasteiger partial charge in [-0.3, -0.25) is 4.79 Å². The van der Waals surface area contributed by atoms with Crippen LogP contribution in [0, 0.1) is 0 Å². The molecule has 1 aliphatic rings. The average molecular weight is 250 g/mol. The zero-order valence-corrected chi connectivity index (χ0v) is 9.96. The van der Waals surface area contributed by atoms with Crippen LogP contribution in [0.5, 0.6) is 0 Å². The number of alkyl halides is 2. The molecule has 100 valence electrons. The summed E-state index contributed by atoms with van der Waals surface area (Å²) < 4.78 is 24.0. The van der Waals surface area contributed by atoms with Gasteiger partial charge in [0.25, 0.3) is 6.43 Å². The Balaban J connectivity index is 2.21. The number of amides is 1. The number of carbonyl (C=O) groups is 1. The van der Waals surface area contributed by atoms with Crippen molar-refractivity contribution in [1.82, 2.24) is 10.6 Å². The lowest BCUT2D eigenvalue weighted by atomic mass is 10.2. The molecular formula is C11H20F2N2O2. The van der Waals surface area contributed by atoms with Gasteiger partial charge in [-0.2, -0.15) is 0 Å². The normalized spacial score (nSPS) is 20.5. The predicted molar refractivity (Wildman–Crippen MR) is 59.9 cm³/mol. The number of carbonyl (C=O) groups excluding carboxylic acids is 1. The zero-order valence-electron chi connectivity index (χ0n) is 9.96. The summed E-state index contributed by atoms with van der Waals surface area (Å²) in [5.41, 5.74) is 0. The number of rotatable bonds is 6. The number of halogens is 2. The fraction of sp³-hybridized carbons (Fsp3) is 0.909. The topological polar surface area (TPSA) is 61.4 Å². The van der Waals surface area contributed by atoms with Gasteiger partial charge in [-0.05, 0) is 19.8 Å². The number of aliphatic hydroxyl groups is 1. The summed E-state index contributed by atoms with van der Waals surface area (Å²) in [5.74, 6) is -0.196. The molecule has 17 heavy (non-hydrogen) atoms. The van der Waals surface area contributed by atoms with Gasteiger partial charge in [0.15, 0.2) is 0 Å². The highest BCUT2D eigenvalue weighted by molar-refractivity contribution is 5.81. The second-order valence-electron chi connectivity index (χ2n) is 4.52. The van der Waals surface area contributed by atoms with Crippen LogP contribution in [0.2, 0.25) is 0 Å². The van der Waals surface area contributed by atoms with Crippen molar-refractivity contribution in [3.8, 4) is 0 Å². The predicted octanol–water partition coefficient (Wildman–Crippen LogP) is 0.649. The molecule has 0 spiro atoms. The van der Waals surface area contributed by atoms with Crippen molar-refractivity contribution >= 4 is 5.91 Å². The van der Waals surface area contributed by atoms with Crippen LogP contribution >= 0.6 is 0 Å². The Morgan fingerprint density at radius 2 is 2.00 bits per heavy atom. The van der Waals surface area contributed by atoms with E-state index >= 15 is 0 Å². The molecule has 1 fully saturated rings. The molecule has 0 aromatic carbocycles. The number of hydrogen-bond acceptors (Lipinski definition) is 3. The molecule has 0 radical (unpaired) electrons. The molecule has 1 aliphatic carbocycles. The van der Waals surface area contributed by atoms with Gasteiger partial charge in [0.05, 0.1) is 6.04 Å². The minimum atomic E-state index is -2.78. The van der Waals surface area contributed by atoms with Gasteiger partial charge in [-0.1, -0.05) is 12.8 Å². The third kappa shape index (κ3) is 4.95. The SMILES string of the molecule is CC(NCC(O)C(F)F)C(=O)NC1CCCC1. The summed E-state index contributed by atoms with van der Waals surface area (Å²) in [7, 11) is 0. The zero-order chi connectivity index (χ0) is 12.8. The summed E-state index contributed by atoms with van der Waals surface area (Å²) in [6, 6.07) is -0.351. The van der Waals surface area contributed by atoms with E-state index < -0.39 is 18.6 Å². The maximum absolute atomic E-state index is 12.0. The van der Waals surface area contributed by atoms with Gasteiger partial charge in [-0.15, -0.1) is 0 Å². The molecule has 0 heterocycles. The summed E-state index contributed by atoms with van der Waals surface area (Å²) >= 11 is 0. The van der Waals surface area contributed by atoms with Crippen LogP contribution in [-0.4, -0.2) is 42.2 Å². The van der Waals surface area contributed by atoms with Gasteiger partial charge in [0.2, 0.25) is 5.91 Å². The minimum Gasteiger partial charge on any atom is -0.386 e. The highest BCUT2D eigenvalue weighted by Gasteiger charge is 2.22. The first-order valence-corrected chi connectivity index (χ1v) is 6.00. The molecule has 1 rings (SSSR count). The van der Waals surface area contributed by atoms with Crippen molar-refractivity contribution in [3.63, 3.8) is 0 Å². The van der Waals surface area contributed by atoms with Crippen LogP contribution in [0.1, 0.15) is 32.6 Å². The standard InChI is InChI=1S/C11H20F2N2O2/c1-7(14-6-9(16)10(12)13)11(17)15-8-4-2-3-5-8/h7-10,14,16H,2-6H2,1H3,(H,15,17). The fourth-order valence-corrected chi connectivity index (χ4v) is 1.88. The highest BCUT2D eigenvalue weighted by atomic mass is 19.3. The third-order valence-corrected chi connectivity index (χ3v) is 3.02. The lowest BCUT2D eigenvalue weighted by Crippen LogP contribution is -2.48. The smallest absolute Gasteiger partial charge is 0.265 e. The molecule has 1 amide bonds. The second-order valence-corrected chi connectivity index (χ2v) is 4.52. The van der Waals surface area contributed by atoms with Crippen LogP contribution < -0.4 is 10.6 Å². The first-order valence-electron chi connectivity index (χ1n) is 6.00. The molecule has 4 nitrogen and oxygen atoms in total. The Kier molecular flexibility index (Phi) is 5.77. The van der Waals surface area contributed by atoms with Crippen molar-refractivity contribution in [3.05, 3.63) is 0 Å². The number of aliphatic hydroxyl groups excluding tert-OH is 1. The Hall–Kier alpha value is -0.750. The van der Waals surface area contributed by atoms with Crippen molar-refractivity contribution in [2.24, 2.45) is 0 Å². The molecular weight excluding hydrogens is 230 g/mol. The first-order chi connectivity index (χ1) is 8.00. The summed E-state index contributed by atoms with van der Waals surface area (Å²) in [4.78, 5) is 11.6. The van der Waals surface area contributed by atoms with Crippen LogP contribution in [-0.2, 0) is 4.79 Å². The van der Waals surface area contributed by atoms with E-state index in [4.69, 9.17) is 5.11 Å². The van der Waals surface area contributed by atoms with Crippen LogP contribution in [0.4, 0.5) is 8.78 Å². The van der Waals surface area contributed by atoms with Crippen LogP contribution in [0.15, 0.2) is 0 Å². The molecule has 6 heteroatoms. The number of hydrogen-bond donors (Lipinski definition) is 3. The molecule has 0 aliphatic heterocycles. The van der Waals surface area contributed by atoms with E-state index in [-0.39, 0.29) is 18.5 Å². The minimum absolute atomic E-state index is 0.196. The van der Waals surface area contributed by atoms with Crippen molar-refractivity contribution in [2.45, 2.75) is 57.2 Å². The number of nitrogens with one attached hydrogen (secondary N) is 2. The highest BCUT2D eigenvalue weighted by Crippen LogP contribution is 2.17. The lowest BCUT2D eigenvalue weighted by molar-refractivity contribution is -0.123. The van der Waals surface area contributed by atoms with Crippen molar-refractivity contribution in [1.29, 1.82) is 0 Å². The summed E-state index contributed by atoms with van der Waals surface area (Å²) in [5, 5.41) is 14.4. The van der Waals surface area contributed by atoms with Crippen molar-refractivity contribution in [2.75, 3.05) is 6.54 Å². The molecule has 3 N–H and O–H groups in total. The summed E-state index contributed by atoms with van der Waals surface area (Å²) in [6.45, 7) is 1.32. The van der Waals surface area contributed by atoms with Gasteiger partial charge < -0.3 is 15.7 Å².